The summed E-state index contributed by atoms with van der Waals surface area (Å²) in [4.78, 5) is 0. The molecule has 4 rings (SSSR count). The molecule has 1 heteroatoms. The van der Waals surface area contributed by atoms with Crippen LogP contribution in [0.1, 0.15) is 91.9 Å². The quantitative estimate of drug-likeness (QED) is 0.621. The van der Waals surface area contributed by atoms with Crippen molar-refractivity contribution >= 4 is 0 Å². The molecule has 4 saturated carbocycles. The predicted molar refractivity (Wildman–Crippen MR) is 91.6 cm³/mol. The predicted octanol–water partition coefficient (Wildman–Crippen LogP) is 5.56. The molecule has 0 aromatic rings. The normalized spacial score (nSPS) is 61.2. The Balaban J connectivity index is 1.74. The first kappa shape index (κ1) is 15.5. The fourth-order valence-electron chi connectivity index (χ4n) is 7.98. The van der Waals surface area contributed by atoms with E-state index in [9.17, 15) is 5.11 Å². The van der Waals surface area contributed by atoms with E-state index in [-0.39, 0.29) is 11.5 Å². The van der Waals surface area contributed by atoms with Crippen LogP contribution >= 0.6 is 0 Å². The van der Waals surface area contributed by atoms with Crippen molar-refractivity contribution in [2.24, 2.45) is 33.5 Å². The molecule has 0 radical (unpaired) electrons. The highest BCUT2D eigenvalue weighted by Gasteiger charge is 2.66. The number of fused-ring (bicyclic) bond motifs is 5. The van der Waals surface area contributed by atoms with Gasteiger partial charge in [-0.25, -0.2) is 0 Å². The van der Waals surface area contributed by atoms with Gasteiger partial charge in [-0.3, -0.25) is 0 Å². The molecule has 0 spiro atoms. The van der Waals surface area contributed by atoms with Crippen molar-refractivity contribution in [2.75, 3.05) is 0 Å². The summed E-state index contributed by atoms with van der Waals surface area (Å²) in [6.45, 7) is 10.2. The third-order valence-corrected chi connectivity index (χ3v) is 10.1. The Bertz CT molecular complexity index is 465. The zero-order valence-corrected chi connectivity index (χ0v) is 15.3. The van der Waals surface area contributed by atoms with Gasteiger partial charge in [0.05, 0.1) is 6.10 Å². The molecule has 22 heavy (non-hydrogen) atoms. The van der Waals surface area contributed by atoms with E-state index >= 15 is 0 Å². The van der Waals surface area contributed by atoms with Crippen LogP contribution in [-0.4, -0.2) is 11.2 Å². The van der Waals surface area contributed by atoms with Crippen LogP contribution in [-0.2, 0) is 0 Å². The second kappa shape index (κ2) is 4.52. The van der Waals surface area contributed by atoms with Gasteiger partial charge in [-0.2, -0.15) is 0 Å². The largest absolute Gasteiger partial charge is 0.393 e. The molecule has 0 bridgehead atoms. The van der Waals surface area contributed by atoms with Crippen LogP contribution in [0.5, 0.6) is 0 Å². The van der Waals surface area contributed by atoms with Gasteiger partial charge in [-0.1, -0.05) is 40.5 Å². The Kier molecular flexibility index (Phi) is 3.18. The van der Waals surface area contributed by atoms with Crippen molar-refractivity contribution in [3.63, 3.8) is 0 Å². The Morgan fingerprint density at radius 1 is 0.636 bits per heavy atom. The molecule has 1 N–H and O–H groups in total. The van der Waals surface area contributed by atoms with Gasteiger partial charge in [0.25, 0.3) is 0 Å². The molecule has 0 aromatic heterocycles. The lowest BCUT2D eigenvalue weighted by molar-refractivity contribution is -0.189. The van der Waals surface area contributed by atoms with E-state index in [0.29, 0.717) is 16.2 Å². The molecule has 4 aliphatic rings. The number of hydrogen-bond acceptors (Lipinski definition) is 1. The molecule has 126 valence electrons. The second-order valence-electron chi connectivity index (χ2n) is 10.4. The molecule has 0 heterocycles. The summed E-state index contributed by atoms with van der Waals surface area (Å²) in [5.41, 5.74) is 1.73. The van der Waals surface area contributed by atoms with Gasteiger partial charge in [-0.05, 0) is 84.9 Å². The standard InChI is InChI=1S/C21H36O/c1-18-10-5-6-11-19(18,2)15-8-13-21(4)17(22)9-14-20(21,3)16(15)7-12-18/h15-17,22H,5-14H2,1-4H3/t15-,16-,17-,18-,19-,20+,21-/m1/s1. The first-order chi connectivity index (χ1) is 10.3. The third kappa shape index (κ3) is 1.60. The van der Waals surface area contributed by atoms with Crippen molar-refractivity contribution in [1.82, 2.24) is 0 Å². The lowest BCUT2D eigenvalue weighted by Gasteiger charge is -2.67. The van der Waals surface area contributed by atoms with Crippen molar-refractivity contribution < 1.29 is 5.11 Å². The van der Waals surface area contributed by atoms with Gasteiger partial charge in [0.1, 0.15) is 0 Å². The summed E-state index contributed by atoms with van der Waals surface area (Å²) in [5.74, 6) is 1.77. The molecule has 4 aliphatic carbocycles. The van der Waals surface area contributed by atoms with Gasteiger partial charge < -0.3 is 5.11 Å². The van der Waals surface area contributed by atoms with Crippen molar-refractivity contribution in [1.29, 1.82) is 0 Å². The van der Waals surface area contributed by atoms with E-state index in [1.54, 1.807) is 0 Å². The molecule has 4 fully saturated rings. The molecule has 7 atom stereocenters. The average molecular weight is 305 g/mol. The van der Waals surface area contributed by atoms with Gasteiger partial charge in [0, 0.05) is 0 Å². The van der Waals surface area contributed by atoms with E-state index < -0.39 is 0 Å². The number of aliphatic hydroxyl groups excluding tert-OH is 1. The van der Waals surface area contributed by atoms with Gasteiger partial charge in [0.2, 0.25) is 0 Å². The zero-order chi connectivity index (χ0) is 15.8. The van der Waals surface area contributed by atoms with Crippen molar-refractivity contribution in [2.45, 2.75) is 98.0 Å². The minimum atomic E-state index is -0.0501. The first-order valence-electron chi connectivity index (χ1n) is 9.95. The fourth-order valence-corrected chi connectivity index (χ4v) is 7.98. The maximum absolute atomic E-state index is 10.7. The number of aliphatic hydroxyl groups is 1. The van der Waals surface area contributed by atoms with Gasteiger partial charge in [-0.15, -0.1) is 0 Å². The molecular formula is C21H36O. The van der Waals surface area contributed by atoms with Crippen LogP contribution in [0.15, 0.2) is 0 Å². The summed E-state index contributed by atoms with van der Waals surface area (Å²) < 4.78 is 0. The summed E-state index contributed by atoms with van der Waals surface area (Å²) in [5, 5.41) is 10.7. The third-order valence-electron chi connectivity index (χ3n) is 10.1. The zero-order valence-electron chi connectivity index (χ0n) is 15.3. The minimum absolute atomic E-state index is 0.0501. The molecule has 0 unspecified atom stereocenters. The van der Waals surface area contributed by atoms with Crippen LogP contribution in [0, 0.1) is 33.5 Å². The van der Waals surface area contributed by atoms with Crippen LogP contribution in [0.25, 0.3) is 0 Å². The highest BCUT2D eigenvalue weighted by Crippen LogP contribution is 2.73. The lowest BCUT2D eigenvalue weighted by atomic mass is 9.38. The van der Waals surface area contributed by atoms with Crippen LogP contribution < -0.4 is 0 Å². The Morgan fingerprint density at radius 3 is 2.00 bits per heavy atom. The highest BCUT2D eigenvalue weighted by molar-refractivity contribution is 5.16. The molecule has 0 saturated heterocycles. The van der Waals surface area contributed by atoms with Crippen LogP contribution in [0.2, 0.25) is 0 Å². The average Bonchev–Trinajstić information content (AvgIpc) is 2.72. The van der Waals surface area contributed by atoms with Gasteiger partial charge >= 0.3 is 0 Å². The Labute approximate surface area is 137 Å². The monoisotopic (exact) mass is 304 g/mol. The summed E-state index contributed by atoms with van der Waals surface area (Å²) in [7, 11) is 0. The maximum Gasteiger partial charge on any atom is 0.0599 e. The Hall–Kier alpha value is -0.0400. The van der Waals surface area contributed by atoms with E-state index in [0.717, 1.165) is 18.3 Å². The number of rotatable bonds is 0. The second-order valence-corrected chi connectivity index (χ2v) is 10.4. The Morgan fingerprint density at radius 2 is 1.23 bits per heavy atom. The minimum Gasteiger partial charge on any atom is -0.393 e. The summed E-state index contributed by atoms with van der Waals surface area (Å²) in [6.07, 6.45) is 13.6. The molecule has 1 nitrogen and oxygen atoms in total. The smallest absolute Gasteiger partial charge is 0.0599 e. The molecule has 0 aromatic carbocycles. The van der Waals surface area contributed by atoms with Crippen LogP contribution in [0.3, 0.4) is 0 Å². The lowest BCUT2D eigenvalue weighted by Crippen LogP contribution is -2.60. The van der Waals surface area contributed by atoms with Gasteiger partial charge in [0.15, 0.2) is 0 Å². The molecular weight excluding hydrogens is 268 g/mol. The van der Waals surface area contributed by atoms with Crippen molar-refractivity contribution in [3.05, 3.63) is 0 Å². The number of hydrogen-bond donors (Lipinski definition) is 1. The van der Waals surface area contributed by atoms with E-state index in [4.69, 9.17) is 0 Å². The van der Waals surface area contributed by atoms with E-state index in [1.165, 1.54) is 57.8 Å². The van der Waals surface area contributed by atoms with E-state index in [2.05, 4.69) is 27.7 Å². The summed E-state index contributed by atoms with van der Waals surface area (Å²) in [6, 6.07) is 0. The topological polar surface area (TPSA) is 20.2 Å². The maximum atomic E-state index is 10.7. The van der Waals surface area contributed by atoms with E-state index in [1.807, 2.05) is 0 Å². The highest BCUT2D eigenvalue weighted by atomic mass is 16.3. The molecule has 0 amide bonds. The van der Waals surface area contributed by atoms with Crippen molar-refractivity contribution in [3.8, 4) is 0 Å². The first-order valence-corrected chi connectivity index (χ1v) is 9.95. The summed E-state index contributed by atoms with van der Waals surface area (Å²) >= 11 is 0. The van der Waals surface area contributed by atoms with Crippen LogP contribution in [0.4, 0.5) is 0 Å². The SMILES string of the molecule is C[C@]12CCCC[C@]1(C)[C@@H]1CC[C@]3(C)[C@H](O)CC[C@@]3(C)[C@@H]1CC2. The molecule has 0 aliphatic heterocycles. The fraction of sp³-hybridized carbons (Fsp3) is 1.00.